The number of fused-ring (bicyclic) bond motifs is 1. The molecule has 0 bridgehead atoms. The lowest BCUT2D eigenvalue weighted by Gasteiger charge is -2.22. The first kappa shape index (κ1) is 11.4. The van der Waals surface area contributed by atoms with E-state index in [4.69, 9.17) is 0 Å². The van der Waals surface area contributed by atoms with E-state index in [2.05, 4.69) is 58.2 Å². The van der Waals surface area contributed by atoms with E-state index in [1.165, 1.54) is 11.1 Å². The summed E-state index contributed by atoms with van der Waals surface area (Å²) in [6, 6.07) is 8.77. The van der Waals surface area contributed by atoms with Crippen LogP contribution in [0.3, 0.4) is 0 Å². The Balaban J connectivity index is 1.92. The van der Waals surface area contributed by atoms with Crippen LogP contribution in [-0.4, -0.2) is 21.3 Å². The van der Waals surface area contributed by atoms with E-state index in [-0.39, 0.29) is 0 Å². The van der Waals surface area contributed by atoms with Crippen molar-refractivity contribution < 1.29 is 0 Å². The van der Waals surface area contributed by atoms with Gasteiger partial charge in [-0.3, -0.25) is 0 Å². The van der Waals surface area contributed by atoms with Crippen molar-refractivity contribution in [3.63, 3.8) is 0 Å². The minimum Gasteiger partial charge on any atom is -0.312 e. The molecule has 0 saturated carbocycles. The topological polar surface area (TPSA) is 42.7 Å². The smallest absolute Gasteiger partial charge is 0.149 e. The molecule has 0 saturated heterocycles. The zero-order valence-corrected chi connectivity index (χ0v) is 10.8. The van der Waals surface area contributed by atoms with Crippen LogP contribution in [-0.2, 0) is 13.0 Å². The molecule has 1 N–H and O–H groups in total. The van der Waals surface area contributed by atoms with Crippen LogP contribution in [0.25, 0.3) is 0 Å². The van der Waals surface area contributed by atoms with Gasteiger partial charge in [0.15, 0.2) is 0 Å². The molecule has 0 fully saturated rings. The lowest BCUT2D eigenvalue weighted by atomic mass is 10.1. The summed E-state index contributed by atoms with van der Waals surface area (Å²) < 4.78 is 2.26. The molecule has 94 valence electrons. The number of hydrogen-bond acceptors (Lipinski definition) is 3. The number of aryl methyl sites for hydroxylation is 1. The highest BCUT2D eigenvalue weighted by Crippen LogP contribution is 2.18. The van der Waals surface area contributed by atoms with Crippen LogP contribution in [0, 0.1) is 6.92 Å². The molecule has 4 heteroatoms. The number of nitrogens with one attached hydrogen (secondary N) is 1. The second kappa shape index (κ2) is 4.53. The molecule has 1 aromatic heterocycles. The Bertz CT molecular complexity index is 559. The molecular formula is C14H18N4. The summed E-state index contributed by atoms with van der Waals surface area (Å²) in [5.41, 5.74) is 2.65. The second-order valence-corrected chi connectivity index (χ2v) is 4.91. The molecule has 4 nitrogen and oxygen atoms in total. The fraction of sp³-hybridized carbons (Fsp3) is 0.429. The summed E-state index contributed by atoms with van der Waals surface area (Å²) >= 11 is 0. The standard InChI is InChI=1S/C14H18N4/c1-10-5-3-4-6-12(10)9-13-16-17-14-11(2)15-7-8-18(13)14/h3-6,11,15H,7-9H2,1-2H3. The first-order chi connectivity index (χ1) is 8.75. The summed E-state index contributed by atoms with van der Waals surface area (Å²) in [6.07, 6.45) is 0.867. The molecular weight excluding hydrogens is 224 g/mol. The Morgan fingerprint density at radius 2 is 2.17 bits per heavy atom. The maximum Gasteiger partial charge on any atom is 0.149 e. The van der Waals surface area contributed by atoms with Crippen LogP contribution in [0.1, 0.15) is 35.7 Å². The van der Waals surface area contributed by atoms with Crippen LogP contribution >= 0.6 is 0 Å². The van der Waals surface area contributed by atoms with Gasteiger partial charge in [-0.1, -0.05) is 24.3 Å². The fourth-order valence-electron chi connectivity index (χ4n) is 2.51. The minimum atomic E-state index is 0.303. The molecule has 2 heterocycles. The number of hydrogen-bond donors (Lipinski definition) is 1. The predicted molar refractivity (Wildman–Crippen MR) is 70.4 cm³/mol. The van der Waals surface area contributed by atoms with E-state index in [1.54, 1.807) is 0 Å². The molecule has 3 rings (SSSR count). The molecule has 0 amide bonds. The first-order valence-corrected chi connectivity index (χ1v) is 6.45. The molecule has 0 spiro atoms. The van der Waals surface area contributed by atoms with Crippen molar-refractivity contribution in [2.45, 2.75) is 32.9 Å². The molecule has 1 aromatic carbocycles. The summed E-state index contributed by atoms with van der Waals surface area (Å²) in [5, 5.41) is 12.1. The highest BCUT2D eigenvalue weighted by molar-refractivity contribution is 5.28. The van der Waals surface area contributed by atoms with Crippen molar-refractivity contribution in [3.8, 4) is 0 Å². The van der Waals surface area contributed by atoms with E-state index in [0.29, 0.717) is 6.04 Å². The Hall–Kier alpha value is -1.68. The van der Waals surface area contributed by atoms with Gasteiger partial charge in [-0.2, -0.15) is 0 Å². The zero-order chi connectivity index (χ0) is 12.5. The van der Waals surface area contributed by atoms with Crippen LogP contribution in [0.4, 0.5) is 0 Å². The van der Waals surface area contributed by atoms with Crippen LogP contribution < -0.4 is 5.32 Å². The van der Waals surface area contributed by atoms with Gasteiger partial charge in [-0.25, -0.2) is 0 Å². The number of benzene rings is 1. The van der Waals surface area contributed by atoms with Crippen molar-refractivity contribution in [3.05, 3.63) is 47.0 Å². The maximum absolute atomic E-state index is 4.36. The van der Waals surface area contributed by atoms with Gasteiger partial charge in [0.05, 0.1) is 6.04 Å². The summed E-state index contributed by atoms with van der Waals surface area (Å²) in [4.78, 5) is 0. The lowest BCUT2D eigenvalue weighted by molar-refractivity contribution is 0.431. The first-order valence-electron chi connectivity index (χ1n) is 6.45. The van der Waals surface area contributed by atoms with Gasteiger partial charge in [0.25, 0.3) is 0 Å². The molecule has 0 aliphatic carbocycles. The van der Waals surface area contributed by atoms with Crippen molar-refractivity contribution >= 4 is 0 Å². The van der Waals surface area contributed by atoms with Crippen molar-refractivity contribution in [2.75, 3.05) is 6.54 Å². The van der Waals surface area contributed by atoms with E-state index < -0.39 is 0 Å². The average molecular weight is 242 g/mol. The normalized spacial score (nSPS) is 18.7. The Morgan fingerprint density at radius 1 is 1.33 bits per heavy atom. The van der Waals surface area contributed by atoms with Crippen LogP contribution in [0.2, 0.25) is 0 Å². The largest absolute Gasteiger partial charge is 0.312 e. The van der Waals surface area contributed by atoms with E-state index >= 15 is 0 Å². The van der Waals surface area contributed by atoms with Gasteiger partial charge in [-0.15, -0.1) is 10.2 Å². The van der Waals surface area contributed by atoms with E-state index in [9.17, 15) is 0 Å². The van der Waals surface area contributed by atoms with Crippen LogP contribution in [0.5, 0.6) is 0 Å². The minimum absolute atomic E-state index is 0.303. The molecule has 1 aliphatic heterocycles. The Kier molecular flexibility index (Phi) is 2.88. The van der Waals surface area contributed by atoms with Gasteiger partial charge in [0, 0.05) is 19.5 Å². The van der Waals surface area contributed by atoms with Crippen molar-refractivity contribution in [1.29, 1.82) is 0 Å². The zero-order valence-electron chi connectivity index (χ0n) is 10.8. The predicted octanol–water partition coefficient (Wildman–Crippen LogP) is 1.84. The molecule has 2 aromatic rings. The summed E-state index contributed by atoms with van der Waals surface area (Å²) in [7, 11) is 0. The quantitative estimate of drug-likeness (QED) is 0.874. The maximum atomic E-state index is 4.36. The Labute approximate surface area is 107 Å². The van der Waals surface area contributed by atoms with Gasteiger partial charge in [0.1, 0.15) is 11.6 Å². The van der Waals surface area contributed by atoms with Gasteiger partial charge < -0.3 is 9.88 Å². The average Bonchev–Trinajstić information content (AvgIpc) is 2.77. The SMILES string of the molecule is Cc1ccccc1Cc1nnc2n1CCNC2C. The number of rotatable bonds is 2. The highest BCUT2D eigenvalue weighted by Gasteiger charge is 2.21. The molecule has 1 aliphatic rings. The van der Waals surface area contributed by atoms with E-state index in [1.807, 2.05) is 0 Å². The van der Waals surface area contributed by atoms with Crippen molar-refractivity contribution in [1.82, 2.24) is 20.1 Å². The van der Waals surface area contributed by atoms with Gasteiger partial charge in [-0.05, 0) is 25.0 Å². The summed E-state index contributed by atoms with van der Waals surface area (Å²) in [5.74, 6) is 2.14. The number of aromatic nitrogens is 3. The molecule has 18 heavy (non-hydrogen) atoms. The third kappa shape index (κ3) is 1.93. The monoisotopic (exact) mass is 242 g/mol. The van der Waals surface area contributed by atoms with Crippen LogP contribution in [0.15, 0.2) is 24.3 Å². The van der Waals surface area contributed by atoms with Gasteiger partial charge in [0.2, 0.25) is 0 Å². The second-order valence-electron chi connectivity index (χ2n) is 4.91. The highest BCUT2D eigenvalue weighted by atomic mass is 15.3. The van der Waals surface area contributed by atoms with Crippen molar-refractivity contribution in [2.24, 2.45) is 0 Å². The third-order valence-electron chi connectivity index (χ3n) is 3.64. The third-order valence-corrected chi connectivity index (χ3v) is 3.64. The molecule has 1 unspecified atom stereocenters. The number of nitrogens with zero attached hydrogens (tertiary/aromatic N) is 3. The lowest BCUT2D eigenvalue weighted by Crippen LogP contribution is -2.32. The fourth-order valence-corrected chi connectivity index (χ4v) is 2.51. The molecule has 0 radical (unpaired) electrons. The summed E-state index contributed by atoms with van der Waals surface area (Å²) in [6.45, 7) is 6.24. The van der Waals surface area contributed by atoms with Gasteiger partial charge >= 0.3 is 0 Å². The Morgan fingerprint density at radius 3 is 3.00 bits per heavy atom. The molecule has 1 atom stereocenters. The van der Waals surface area contributed by atoms with E-state index in [0.717, 1.165) is 31.2 Å².